The summed E-state index contributed by atoms with van der Waals surface area (Å²) in [7, 11) is 1.29. The van der Waals surface area contributed by atoms with E-state index in [9.17, 15) is 4.79 Å². The first-order valence-corrected chi connectivity index (χ1v) is 6.27. The van der Waals surface area contributed by atoms with Crippen LogP contribution < -0.4 is 5.73 Å². The van der Waals surface area contributed by atoms with Crippen molar-refractivity contribution in [2.24, 2.45) is 5.73 Å². The second-order valence-corrected chi connectivity index (χ2v) is 4.30. The molecule has 0 aromatic heterocycles. The molecule has 1 aromatic carbocycles. The van der Waals surface area contributed by atoms with E-state index in [1.807, 2.05) is 19.9 Å². The SMILES string of the molecule is CC/C(N)=C(/S)C(=O)OC.Cc1ccc(O)c(C#N)c1. The van der Waals surface area contributed by atoms with Crippen LogP contribution >= 0.6 is 12.6 Å². The number of nitrogens with zero attached hydrogens (tertiary/aromatic N) is 1. The highest BCUT2D eigenvalue weighted by Gasteiger charge is 2.07. The first-order valence-electron chi connectivity index (χ1n) is 5.82. The molecule has 0 radical (unpaired) electrons. The van der Waals surface area contributed by atoms with Crippen LogP contribution in [-0.4, -0.2) is 18.2 Å². The number of benzene rings is 1. The number of hydrogen-bond donors (Lipinski definition) is 3. The number of aryl methyl sites for hydroxylation is 1. The van der Waals surface area contributed by atoms with Gasteiger partial charge in [-0.1, -0.05) is 13.0 Å². The molecule has 0 amide bonds. The predicted octanol–water partition coefficient (Wildman–Crippen LogP) is 2.24. The summed E-state index contributed by atoms with van der Waals surface area (Å²) < 4.78 is 4.38. The zero-order valence-electron chi connectivity index (χ0n) is 11.7. The molecule has 0 heterocycles. The van der Waals surface area contributed by atoms with Gasteiger partial charge in [-0.25, -0.2) is 4.79 Å². The fourth-order valence-corrected chi connectivity index (χ4v) is 1.38. The number of aromatic hydroxyl groups is 1. The number of allylic oxidation sites excluding steroid dienone is 1. The monoisotopic (exact) mass is 294 g/mol. The normalized spacial score (nSPS) is 10.6. The smallest absolute Gasteiger partial charge is 0.345 e. The van der Waals surface area contributed by atoms with Crippen LogP contribution in [0.2, 0.25) is 0 Å². The van der Waals surface area contributed by atoms with Crippen molar-refractivity contribution in [2.45, 2.75) is 20.3 Å². The van der Waals surface area contributed by atoms with Crippen LogP contribution in [-0.2, 0) is 9.53 Å². The van der Waals surface area contributed by atoms with Crippen molar-refractivity contribution in [2.75, 3.05) is 7.11 Å². The molecule has 1 aromatic rings. The summed E-state index contributed by atoms with van der Waals surface area (Å²) in [5, 5.41) is 17.4. The van der Waals surface area contributed by atoms with E-state index >= 15 is 0 Å². The zero-order valence-corrected chi connectivity index (χ0v) is 12.6. The highest BCUT2D eigenvalue weighted by molar-refractivity contribution is 7.85. The van der Waals surface area contributed by atoms with Gasteiger partial charge in [0.1, 0.15) is 16.7 Å². The van der Waals surface area contributed by atoms with Crippen molar-refractivity contribution < 1.29 is 14.6 Å². The van der Waals surface area contributed by atoms with Crippen LogP contribution in [0.4, 0.5) is 0 Å². The molecule has 0 saturated heterocycles. The molecule has 0 aliphatic rings. The number of nitrogens with two attached hydrogens (primary N) is 1. The number of phenolic OH excluding ortho intramolecular Hbond substituents is 1. The Bertz CT molecular complexity index is 548. The number of carbonyl (C=O) groups excluding carboxylic acids is 1. The van der Waals surface area contributed by atoms with E-state index in [2.05, 4.69) is 17.4 Å². The van der Waals surface area contributed by atoms with E-state index in [1.54, 1.807) is 12.1 Å². The van der Waals surface area contributed by atoms with Crippen molar-refractivity contribution in [3.8, 4) is 11.8 Å². The first kappa shape index (κ1) is 17.9. The van der Waals surface area contributed by atoms with E-state index in [0.29, 0.717) is 17.7 Å². The molecule has 0 fully saturated rings. The van der Waals surface area contributed by atoms with Gasteiger partial charge in [-0.05, 0) is 31.0 Å². The molecule has 0 aliphatic carbocycles. The topological polar surface area (TPSA) is 96.3 Å². The van der Waals surface area contributed by atoms with E-state index in [4.69, 9.17) is 16.1 Å². The van der Waals surface area contributed by atoms with E-state index in [-0.39, 0.29) is 10.7 Å². The van der Waals surface area contributed by atoms with Crippen molar-refractivity contribution in [3.63, 3.8) is 0 Å². The summed E-state index contributed by atoms with van der Waals surface area (Å²) in [4.78, 5) is 10.9. The summed E-state index contributed by atoms with van der Waals surface area (Å²) >= 11 is 3.86. The Hall–Kier alpha value is -2.13. The summed E-state index contributed by atoms with van der Waals surface area (Å²) in [5.41, 5.74) is 7.16. The molecular formula is C14H18N2O3S. The molecule has 0 unspecified atom stereocenters. The Morgan fingerprint density at radius 1 is 1.55 bits per heavy atom. The maximum absolute atomic E-state index is 10.7. The largest absolute Gasteiger partial charge is 0.507 e. The Labute approximate surface area is 124 Å². The molecule has 1 rings (SSSR count). The van der Waals surface area contributed by atoms with Crippen LogP contribution in [0.25, 0.3) is 0 Å². The number of ether oxygens (including phenoxy) is 1. The zero-order chi connectivity index (χ0) is 15.7. The van der Waals surface area contributed by atoms with Crippen LogP contribution in [0.5, 0.6) is 5.75 Å². The highest BCUT2D eigenvalue weighted by Crippen LogP contribution is 2.16. The second kappa shape index (κ2) is 8.88. The number of nitriles is 1. The maximum Gasteiger partial charge on any atom is 0.345 e. The van der Waals surface area contributed by atoms with E-state index in [1.165, 1.54) is 13.2 Å². The van der Waals surface area contributed by atoms with Crippen LogP contribution in [0.3, 0.4) is 0 Å². The van der Waals surface area contributed by atoms with Gasteiger partial charge in [0.05, 0.1) is 12.7 Å². The Kier molecular flexibility index (Phi) is 7.94. The number of thiol groups is 1. The molecule has 0 bridgehead atoms. The van der Waals surface area contributed by atoms with Gasteiger partial charge in [-0.2, -0.15) is 5.26 Å². The molecule has 5 nitrogen and oxygen atoms in total. The molecule has 108 valence electrons. The highest BCUT2D eigenvalue weighted by atomic mass is 32.1. The third kappa shape index (κ3) is 5.67. The van der Waals surface area contributed by atoms with Gasteiger partial charge in [-0.3, -0.25) is 0 Å². The molecule has 0 saturated carbocycles. The van der Waals surface area contributed by atoms with Gasteiger partial charge in [0.2, 0.25) is 0 Å². The molecular weight excluding hydrogens is 276 g/mol. The number of esters is 1. The van der Waals surface area contributed by atoms with Crippen LogP contribution in [0, 0.1) is 18.3 Å². The fourth-order valence-electron chi connectivity index (χ4n) is 1.13. The lowest BCUT2D eigenvalue weighted by molar-refractivity contribution is -0.135. The molecule has 6 heteroatoms. The summed E-state index contributed by atoms with van der Waals surface area (Å²) in [6.07, 6.45) is 0.605. The third-order valence-corrected chi connectivity index (χ3v) is 2.81. The van der Waals surface area contributed by atoms with Crippen LogP contribution in [0.1, 0.15) is 24.5 Å². The Morgan fingerprint density at radius 2 is 2.15 bits per heavy atom. The molecule has 0 atom stereocenters. The lowest BCUT2D eigenvalue weighted by Gasteiger charge is -2.00. The van der Waals surface area contributed by atoms with Crippen LogP contribution in [0.15, 0.2) is 28.8 Å². The summed E-state index contributed by atoms with van der Waals surface area (Å²) in [5.74, 6) is -0.434. The van der Waals surface area contributed by atoms with Gasteiger partial charge >= 0.3 is 5.97 Å². The average Bonchev–Trinajstić information content (AvgIpc) is 2.47. The molecule has 3 N–H and O–H groups in total. The predicted molar refractivity (Wildman–Crippen MR) is 80.1 cm³/mol. The summed E-state index contributed by atoms with van der Waals surface area (Å²) in [6.45, 7) is 3.72. The minimum atomic E-state index is -0.484. The molecule has 20 heavy (non-hydrogen) atoms. The number of rotatable bonds is 2. The standard InChI is InChI=1S/C8H7NO.C6H11NO2S/c1-6-2-3-8(10)7(4-6)5-9;1-3-4(7)5(10)6(8)9-2/h2-4,10H,1H3;10H,3,7H2,1-2H3/b;5-4-. The van der Waals surface area contributed by atoms with Gasteiger partial charge in [-0.15, -0.1) is 12.6 Å². The molecule has 0 aliphatic heterocycles. The number of carbonyl (C=O) groups is 1. The maximum atomic E-state index is 10.7. The lowest BCUT2D eigenvalue weighted by atomic mass is 10.1. The van der Waals surface area contributed by atoms with Gasteiger partial charge in [0.15, 0.2) is 0 Å². The minimum absolute atomic E-state index is 0.0492. The van der Waals surface area contributed by atoms with Gasteiger partial charge in [0.25, 0.3) is 0 Å². The van der Waals surface area contributed by atoms with Crippen molar-refractivity contribution >= 4 is 18.6 Å². The van der Waals surface area contributed by atoms with Crippen molar-refractivity contribution in [1.82, 2.24) is 0 Å². The minimum Gasteiger partial charge on any atom is -0.507 e. The number of methoxy groups -OCH3 is 1. The van der Waals surface area contributed by atoms with E-state index in [0.717, 1.165) is 5.56 Å². The Balaban J connectivity index is 0.000000361. The average molecular weight is 294 g/mol. The Morgan fingerprint density at radius 3 is 2.55 bits per heavy atom. The first-order chi connectivity index (χ1) is 9.37. The molecule has 0 spiro atoms. The van der Waals surface area contributed by atoms with Gasteiger partial charge in [0, 0.05) is 5.70 Å². The van der Waals surface area contributed by atoms with E-state index < -0.39 is 5.97 Å². The lowest BCUT2D eigenvalue weighted by Crippen LogP contribution is -2.07. The third-order valence-electron chi connectivity index (χ3n) is 2.34. The number of hydrogen-bond acceptors (Lipinski definition) is 6. The van der Waals surface area contributed by atoms with Crippen molar-refractivity contribution in [3.05, 3.63) is 39.9 Å². The van der Waals surface area contributed by atoms with Gasteiger partial charge < -0.3 is 15.6 Å². The number of phenols is 1. The summed E-state index contributed by atoms with van der Waals surface area (Å²) in [6, 6.07) is 6.82. The van der Waals surface area contributed by atoms with Crippen molar-refractivity contribution in [1.29, 1.82) is 5.26 Å². The quantitative estimate of drug-likeness (QED) is 0.441. The fraction of sp³-hybridized carbons (Fsp3) is 0.286. The second-order valence-electron chi connectivity index (χ2n) is 3.85.